The fraction of sp³-hybridized carbons (Fsp3) is 0.588. The maximum Gasteiger partial charge on any atom is 0.326 e. The fourth-order valence-electron chi connectivity index (χ4n) is 3.06. The number of hydrogen-bond donors (Lipinski definition) is 1. The van der Waals surface area contributed by atoms with Crippen molar-refractivity contribution in [1.82, 2.24) is 5.32 Å². The molecule has 0 aromatic heterocycles. The minimum Gasteiger partial charge on any atom is -0.468 e. The van der Waals surface area contributed by atoms with Crippen molar-refractivity contribution in [3.63, 3.8) is 0 Å². The molecule has 2 rings (SSSR count). The van der Waals surface area contributed by atoms with Crippen LogP contribution in [0.15, 0.2) is 24.3 Å². The van der Waals surface area contributed by atoms with Crippen LogP contribution in [0.4, 0.5) is 0 Å². The van der Waals surface area contributed by atoms with Gasteiger partial charge in [0.2, 0.25) is 0 Å². The Kier molecular flexibility index (Phi) is 5.71. The molecule has 2 unspecified atom stereocenters. The minimum atomic E-state index is -0.490. The Hall–Kier alpha value is -1.00. The summed E-state index contributed by atoms with van der Waals surface area (Å²) in [4.78, 5) is 12.1. The van der Waals surface area contributed by atoms with E-state index in [4.69, 9.17) is 4.74 Å². The van der Waals surface area contributed by atoms with E-state index in [1.807, 2.05) is 18.8 Å². The van der Waals surface area contributed by atoms with Crippen molar-refractivity contribution in [3.8, 4) is 0 Å². The van der Waals surface area contributed by atoms with E-state index < -0.39 is 5.54 Å². The van der Waals surface area contributed by atoms with Crippen LogP contribution in [0.3, 0.4) is 0 Å². The maximum atomic E-state index is 12.1. The van der Waals surface area contributed by atoms with Gasteiger partial charge in [0.25, 0.3) is 0 Å². The SMILES string of the molecule is CNC1(C(=O)OC)CCCC(SCc2ccccc2C)C1. The molecular formula is C17H25NO2S. The van der Waals surface area contributed by atoms with Crippen LogP contribution in [-0.2, 0) is 15.3 Å². The first-order valence-corrected chi connectivity index (χ1v) is 8.59. The maximum absolute atomic E-state index is 12.1. The molecule has 21 heavy (non-hydrogen) atoms. The minimum absolute atomic E-state index is 0.119. The molecule has 1 fully saturated rings. The molecule has 0 saturated heterocycles. The number of ether oxygens (including phenoxy) is 1. The van der Waals surface area contributed by atoms with Crippen molar-refractivity contribution >= 4 is 17.7 Å². The molecule has 0 radical (unpaired) electrons. The van der Waals surface area contributed by atoms with Gasteiger partial charge >= 0.3 is 5.97 Å². The lowest BCUT2D eigenvalue weighted by molar-refractivity contribution is -0.149. The lowest BCUT2D eigenvalue weighted by atomic mass is 9.81. The number of carbonyl (C=O) groups excluding carboxylic acids is 1. The zero-order chi connectivity index (χ0) is 15.3. The molecule has 1 aliphatic rings. The molecule has 0 heterocycles. The molecule has 1 aliphatic carbocycles. The summed E-state index contributed by atoms with van der Waals surface area (Å²) in [6.07, 6.45) is 3.97. The Morgan fingerprint density at radius 2 is 2.24 bits per heavy atom. The van der Waals surface area contributed by atoms with Crippen molar-refractivity contribution in [3.05, 3.63) is 35.4 Å². The van der Waals surface area contributed by atoms with Crippen LogP contribution in [0.1, 0.15) is 36.8 Å². The Morgan fingerprint density at radius 3 is 2.90 bits per heavy atom. The number of esters is 1. The van der Waals surface area contributed by atoms with Gasteiger partial charge in [-0.1, -0.05) is 24.3 Å². The zero-order valence-corrected chi connectivity index (χ0v) is 14.0. The quantitative estimate of drug-likeness (QED) is 0.847. The van der Waals surface area contributed by atoms with Gasteiger partial charge in [0, 0.05) is 11.0 Å². The van der Waals surface area contributed by atoms with E-state index in [2.05, 4.69) is 36.5 Å². The Labute approximate surface area is 131 Å². The molecule has 0 aliphatic heterocycles. The molecule has 1 aromatic carbocycles. The van der Waals surface area contributed by atoms with Crippen LogP contribution in [0, 0.1) is 6.92 Å². The lowest BCUT2D eigenvalue weighted by Crippen LogP contribution is -2.54. The summed E-state index contributed by atoms with van der Waals surface area (Å²) in [5, 5.41) is 3.72. The van der Waals surface area contributed by atoms with Crippen molar-refractivity contribution in [2.45, 2.75) is 49.1 Å². The number of nitrogens with one attached hydrogen (secondary N) is 1. The standard InChI is InChI=1S/C17H25NO2S/c1-13-7-4-5-8-14(13)12-21-15-9-6-10-17(11-15,18-2)16(19)20-3/h4-5,7-8,15,18H,6,9-12H2,1-3H3. The smallest absolute Gasteiger partial charge is 0.326 e. The van der Waals surface area contributed by atoms with E-state index in [0.29, 0.717) is 5.25 Å². The first-order chi connectivity index (χ1) is 10.1. The average Bonchev–Trinajstić information content (AvgIpc) is 2.53. The van der Waals surface area contributed by atoms with Gasteiger partial charge in [-0.15, -0.1) is 0 Å². The normalized spacial score (nSPS) is 25.6. The molecule has 4 heteroatoms. The van der Waals surface area contributed by atoms with Crippen LogP contribution >= 0.6 is 11.8 Å². The molecule has 0 spiro atoms. The van der Waals surface area contributed by atoms with Gasteiger partial charge in [0.1, 0.15) is 5.54 Å². The number of hydrogen-bond acceptors (Lipinski definition) is 4. The van der Waals surface area contributed by atoms with Gasteiger partial charge < -0.3 is 10.1 Å². The van der Waals surface area contributed by atoms with E-state index in [0.717, 1.165) is 25.0 Å². The van der Waals surface area contributed by atoms with Gasteiger partial charge in [-0.05, 0) is 50.8 Å². The van der Waals surface area contributed by atoms with Gasteiger partial charge in [-0.3, -0.25) is 4.79 Å². The van der Waals surface area contributed by atoms with E-state index in [1.165, 1.54) is 24.7 Å². The monoisotopic (exact) mass is 307 g/mol. The summed E-state index contributed by atoms with van der Waals surface area (Å²) in [7, 11) is 3.34. The molecule has 116 valence electrons. The zero-order valence-electron chi connectivity index (χ0n) is 13.1. The Morgan fingerprint density at radius 1 is 1.48 bits per heavy atom. The number of methoxy groups -OCH3 is 1. The number of thioether (sulfide) groups is 1. The summed E-state index contributed by atoms with van der Waals surface area (Å²) in [5.74, 6) is 0.893. The topological polar surface area (TPSA) is 38.3 Å². The first kappa shape index (κ1) is 16.4. The van der Waals surface area contributed by atoms with Crippen LogP contribution in [0.25, 0.3) is 0 Å². The molecule has 1 N–H and O–H groups in total. The second-order valence-corrected chi connectivity index (χ2v) is 7.07. The van der Waals surface area contributed by atoms with Crippen molar-refractivity contribution in [2.75, 3.05) is 14.2 Å². The van der Waals surface area contributed by atoms with Gasteiger partial charge in [0.05, 0.1) is 7.11 Å². The number of rotatable bonds is 5. The molecule has 2 atom stereocenters. The van der Waals surface area contributed by atoms with E-state index >= 15 is 0 Å². The number of likely N-dealkylation sites (N-methyl/N-ethyl adjacent to an activating group) is 1. The summed E-state index contributed by atoms with van der Waals surface area (Å²) in [5.41, 5.74) is 2.24. The highest BCUT2D eigenvalue weighted by molar-refractivity contribution is 7.99. The summed E-state index contributed by atoms with van der Waals surface area (Å²) in [6, 6.07) is 8.52. The summed E-state index contributed by atoms with van der Waals surface area (Å²) >= 11 is 1.96. The van der Waals surface area contributed by atoms with E-state index in [9.17, 15) is 4.79 Å². The van der Waals surface area contributed by atoms with Crippen LogP contribution in [-0.4, -0.2) is 30.9 Å². The molecule has 0 amide bonds. The van der Waals surface area contributed by atoms with E-state index in [-0.39, 0.29) is 5.97 Å². The first-order valence-electron chi connectivity index (χ1n) is 7.55. The van der Waals surface area contributed by atoms with Crippen molar-refractivity contribution in [2.24, 2.45) is 0 Å². The highest BCUT2D eigenvalue weighted by atomic mass is 32.2. The third-order valence-corrected chi connectivity index (χ3v) is 5.85. The molecule has 1 aromatic rings. The predicted octanol–water partition coefficient (Wildman–Crippen LogP) is 3.30. The molecular weight excluding hydrogens is 282 g/mol. The van der Waals surface area contributed by atoms with Crippen LogP contribution in [0.2, 0.25) is 0 Å². The summed E-state index contributed by atoms with van der Waals surface area (Å²) in [6.45, 7) is 2.16. The Bertz CT molecular complexity index is 491. The fourth-order valence-corrected chi connectivity index (χ4v) is 4.53. The van der Waals surface area contributed by atoms with Crippen molar-refractivity contribution in [1.29, 1.82) is 0 Å². The second kappa shape index (κ2) is 7.32. The number of carbonyl (C=O) groups is 1. The van der Waals surface area contributed by atoms with E-state index in [1.54, 1.807) is 0 Å². The summed E-state index contributed by atoms with van der Waals surface area (Å²) < 4.78 is 5.00. The third-order valence-electron chi connectivity index (χ3n) is 4.50. The second-order valence-electron chi connectivity index (χ2n) is 5.78. The molecule has 1 saturated carbocycles. The largest absolute Gasteiger partial charge is 0.468 e. The van der Waals surface area contributed by atoms with Gasteiger partial charge in [-0.2, -0.15) is 11.8 Å². The van der Waals surface area contributed by atoms with Gasteiger partial charge in [-0.25, -0.2) is 0 Å². The molecule has 0 bridgehead atoms. The average molecular weight is 307 g/mol. The predicted molar refractivity (Wildman–Crippen MR) is 88.5 cm³/mol. The number of benzene rings is 1. The third kappa shape index (κ3) is 3.80. The highest BCUT2D eigenvalue weighted by Crippen LogP contribution is 2.37. The molecule has 3 nitrogen and oxygen atoms in total. The number of aryl methyl sites for hydroxylation is 1. The van der Waals surface area contributed by atoms with Crippen molar-refractivity contribution < 1.29 is 9.53 Å². The lowest BCUT2D eigenvalue weighted by Gasteiger charge is -2.38. The van der Waals surface area contributed by atoms with Crippen LogP contribution in [0.5, 0.6) is 0 Å². The van der Waals surface area contributed by atoms with Crippen LogP contribution < -0.4 is 5.32 Å². The highest BCUT2D eigenvalue weighted by Gasteiger charge is 2.42. The Balaban J connectivity index is 1.98. The van der Waals surface area contributed by atoms with Gasteiger partial charge in [0.15, 0.2) is 0 Å².